The van der Waals surface area contributed by atoms with E-state index in [9.17, 15) is 4.79 Å². The highest BCUT2D eigenvalue weighted by molar-refractivity contribution is 5.95. The number of hydrogen-bond donors (Lipinski definition) is 1. The van der Waals surface area contributed by atoms with Gasteiger partial charge in [0.15, 0.2) is 0 Å². The Morgan fingerprint density at radius 3 is 2.81 bits per heavy atom. The molecule has 1 amide bonds. The lowest BCUT2D eigenvalue weighted by Crippen LogP contribution is -2.25. The smallest absolute Gasteiger partial charge is 0.254 e. The average molecular weight is 225 g/mol. The summed E-state index contributed by atoms with van der Waals surface area (Å²) >= 11 is 0. The molecule has 1 N–H and O–H groups in total. The number of rotatable bonds is 6. The van der Waals surface area contributed by atoms with E-state index < -0.39 is 0 Å². The third-order valence-electron chi connectivity index (χ3n) is 2.24. The Hall–Kier alpha value is -1.29. The molecule has 1 heterocycles. The van der Waals surface area contributed by atoms with Crippen molar-refractivity contribution in [1.29, 1.82) is 0 Å². The molecule has 4 heteroatoms. The first-order valence-corrected chi connectivity index (χ1v) is 5.58. The average Bonchev–Trinajstić information content (AvgIpc) is 2.57. The molecule has 16 heavy (non-hydrogen) atoms. The monoisotopic (exact) mass is 225 g/mol. The lowest BCUT2D eigenvalue weighted by Gasteiger charge is -2.04. The third kappa shape index (κ3) is 3.70. The number of aryl methyl sites for hydroxylation is 2. The number of ether oxygens (including phenoxy) is 1. The van der Waals surface area contributed by atoms with Crippen molar-refractivity contribution < 1.29 is 13.9 Å². The van der Waals surface area contributed by atoms with Crippen LogP contribution in [0.15, 0.2) is 10.5 Å². The Balaban J connectivity index is 2.33. The van der Waals surface area contributed by atoms with Crippen LogP contribution in [0.2, 0.25) is 0 Å². The summed E-state index contributed by atoms with van der Waals surface area (Å²) in [5, 5.41) is 2.83. The topological polar surface area (TPSA) is 51.5 Å². The molecule has 0 aliphatic heterocycles. The molecule has 0 radical (unpaired) electrons. The molecular formula is C12H19NO3. The lowest BCUT2D eigenvalue weighted by molar-refractivity contribution is 0.0943. The van der Waals surface area contributed by atoms with E-state index in [1.807, 2.05) is 13.8 Å². The Bertz CT molecular complexity index is 344. The summed E-state index contributed by atoms with van der Waals surface area (Å²) < 4.78 is 10.5. The maximum Gasteiger partial charge on any atom is 0.254 e. The molecule has 0 unspecified atom stereocenters. The van der Waals surface area contributed by atoms with E-state index in [1.165, 1.54) is 0 Å². The maximum absolute atomic E-state index is 11.7. The first-order valence-electron chi connectivity index (χ1n) is 5.58. The number of amides is 1. The number of carbonyl (C=O) groups excluding carboxylic acids is 1. The van der Waals surface area contributed by atoms with Crippen LogP contribution < -0.4 is 5.32 Å². The van der Waals surface area contributed by atoms with Gasteiger partial charge in [0, 0.05) is 19.8 Å². The molecular weight excluding hydrogens is 206 g/mol. The van der Waals surface area contributed by atoms with E-state index in [1.54, 1.807) is 13.0 Å². The second-order valence-corrected chi connectivity index (χ2v) is 3.63. The molecule has 0 fully saturated rings. The van der Waals surface area contributed by atoms with Crippen molar-refractivity contribution in [2.75, 3.05) is 19.8 Å². The van der Waals surface area contributed by atoms with Gasteiger partial charge in [-0.1, -0.05) is 0 Å². The fraction of sp³-hybridized carbons (Fsp3) is 0.583. The minimum absolute atomic E-state index is 0.0779. The third-order valence-corrected chi connectivity index (χ3v) is 2.24. The predicted molar refractivity (Wildman–Crippen MR) is 61.6 cm³/mol. The van der Waals surface area contributed by atoms with E-state index in [2.05, 4.69) is 5.32 Å². The number of furan rings is 1. The van der Waals surface area contributed by atoms with Crippen molar-refractivity contribution in [3.63, 3.8) is 0 Å². The van der Waals surface area contributed by atoms with Crippen LogP contribution >= 0.6 is 0 Å². The van der Waals surface area contributed by atoms with Gasteiger partial charge in [0.2, 0.25) is 0 Å². The number of hydrogen-bond acceptors (Lipinski definition) is 3. The molecule has 0 saturated carbocycles. The highest BCUT2D eigenvalue weighted by Gasteiger charge is 2.12. The second-order valence-electron chi connectivity index (χ2n) is 3.63. The largest absolute Gasteiger partial charge is 0.466 e. The van der Waals surface area contributed by atoms with Crippen LogP contribution in [0.25, 0.3) is 0 Å². The molecule has 90 valence electrons. The fourth-order valence-electron chi connectivity index (χ4n) is 1.47. The Morgan fingerprint density at radius 2 is 2.25 bits per heavy atom. The van der Waals surface area contributed by atoms with Crippen LogP contribution in [0, 0.1) is 13.8 Å². The molecule has 0 spiro atoms. The van der Waals surface area contributed by atoms with Gasteiger partial charge in [-0.3, -0.25) is 4.79 Å². The molecule has 4 nitrogen and oxygen atoms in total. The van der Waals surface area contributed by atoms with E-state index in [-0.39, 0.29) is 5.91 Å². The highest BCUT2D eigenvalue weighted by Crippen LogP contribution is 2.13. The van der Waals surface area contributed by atoms with Gasteiger partial charge in [0.05, 0.1) is 5.56 Å². The minimum Gasteiger partial charge on any atom is -0.466 e. The number of nitrogens with one attached hydrogen (secondary N) is 1. The molecule has 1 aromatic rings. The summed E-state index contributed by atoms with van der Waals surface area (Å²) in [7, 11) is 0. The Morgan fingerprint density at radius 1 is 1.50 bits per heavy atom. The summed E-state index contributed by atoms with van der Waals surface area (Å²) in [6.07, 6.45) is 0.829. The Labute approximate surface area is 96.0 Å². The van der Waals surface area contributed by atoms with Crippen molar-refractivity contribution in [1.82, 2.24) is 5.32 Å². The number of carbonyl (C=O) groups is 1. The second kappa shape index (κ2) is 6.33. The van der Waals surface area contributed by atoms with Gasteiger partial charge in [-0.25, -0.2) is 0 Å². The molecule has 0 saturated heterocycles. The maximum atomic E-state index is 11.7. The SMILES string of the molecule is CCOCCCNC(=O)c1cc(C)oc1C. The fourth-order valence-corrected chi connectivity index (χ4v) is 1.47. The zero-order chi connectivity index (χ0) is 12.0. The summed E-state index contributed by atoms with van der Waals surface area (Å²) in [6.45, 7) is 7.60. The van der Waals surface area contributed by atoms with Crippen LogP contribution in [0.1, 0.15) is 35.2 Å². The van der Waals surface area contributed by atoms with Crippen LogP contribution in [0.3, 0.4) is 0 Å². The first-order chi connectivity index (χ1) is 7.65. The van der Waals surface area contributed by atoms with Crippen LogP contribution in [0.4, 0.5) is 0 Å². The van der Waals surface area contributed by atoms with E-state index >= 15 is 0 Å². The molecule has 0 aromatic carbocycles. The highest BCUT2D eigenvalue weighted by atomic mass is 16.5. The van der Waals surface area contributed by atoms with Gasteiger partial charge < -0.3 is 14.5 Å². The standard InChI is InChI=1S/C12H19NO3/c1-4-15-7-5-6-13-12(14)11-8-9(2)16-10(11)3/h8H,4-7H2,1-3H3,(H,13,14). The zero-order valence-corrected chi connectivity index (χ0v) is 10.1. The Kier molecular flexibility index (Phi) is 5.05. The summed E-state index contributed by atoms with van der Waals surface area (Å²) in [4.78, 5) is 11.7. The van der Waals surface area contributed by atoms with E-state index in [4.69, 9.17) is 9.15 Å². The van der Waals surface area contributed by atoms with Crippen LogP contribution in [-0.2, 0) is 4.74 Å². The first kappa shape index (κ1) is 12.8. The summed E-state index contributed by atoms with van der Waals surface area (Å²) in [5.41, 5.74) is 0.619. The van der Waals surface area contributed by atoms with Gasteiger partial charge in [0.1, 0.15) is 11.5 Å². The van der Waals surface area contributed by atoms with Crippen LogP contribution in [0.5, 0.6) is 0 Å². The van der Waals surface area contributed by atoms with Gasteiger partial charge in [-0.05, 0) is 33.3 Å². The van der Waals surface area contributed by atoms with E-state index in [0.29, 0.717) is 31.1 Å². The molecule has 0 aliphatic rings. The predicted octanol–water partition coefficient (Wildman–Crippen LogP) is 2.05. The molecule has 0 bridgehead atoms. The van der Waals surface area contributed by atoms with E-state index in [0.717, 1.165) is 12.2 Å². The molecule has 1 aromatic heterocycles. The van der Waals surface area contributed by atoms with Gasteiger partial charge in [-0.2, -0.15) is 0 Å². The summed E-state index contributed by atoms with van der Waals surface area (Å²) in [6, 6.07) is 1.76. The van der Waals surface area contributed by atoms with Crippen molar-refractivity contribution in [3.8, 4) is 0 Å². The zero-order valence-electron chi connectivity index (χ0n) is 10.1. The van der Waals surface area contributed by atoms with Crippen molar-refractivity contribution in [2.45, 2.75) is 27.2 Å². The normalized spacial score (nSPS) is 10.4. The van der Waals surface area contributed by atoms with Crippen molar-refractivity contribution >= 4 is 5.91 Å². The van der Waals surface area contributed by atoms with Crippen molar-refractivity contribution in [2.24, 2.45) is 0 Å². The van der Waals surface area contributed by atoms with Crippen molar-refractivity contribution in [3.05, 3.63) is 23.2 Å². The molecule has 0 atom stereocenters. The van der Waals surface area contributed by atoms with Gasteiger partial charge >= 0.3 is 0 Å². The van der Waals surface area contributed by atoms with Gasteiger partial charge in [-0.15, -0.1) is 0 Å². The molecule has 0 aliphatic carbocycles. The molecule has 1 rings (SSSR count). The lowest BCUT2D eigenvalue weighted by atomic mass is 10.2. The van der Waals surface area contributed by atoms with Crippen LogP contribution in [-0.4, -0.2) is 25.7 Å². The minimum atomic E-state index is -0.0779. The quantitative estimate of drug-likeness (QED) is 0.754. The summed E-state index contributed by atoms with van der Waals surface area (Å²) in [5.74, 6) is 1.35. The van der Waals surface area contributed by atoms with Gasteiger partial charge in [0.25, 0.3) is 5.91 Å².